The summed E-state index contributed by atoms with van der Waals surface area (Å²) >= 11 is 0. The first-order valence-corrected chi connectivity index (χ1v) is 15.6. The van der Waals surface area contributed by atoms with Crippen LogP contribution in [-0.2, 0) is 16.2 Å². The van der Waals surface area contributed by atoms with Gasteiger partial charge in [-0.2, -0.15) is 0 Å². The standard InChI is InChI=1S/C39H51N3/c1-37(2,3)31-16-10-28(11-17-31)25-40-34-22-35(41-26-29-12-18-32(19-13-29)38(4,5)6)24-36(23-34)42-27-30-14-20-33(21-15-30)39(7,8)9/h10-21,25-27,34-36H,22-24H2,1-9H3. The Balaban J connectivity index is 1.50. The fourth-order valence-corrected chi connectivity index (χ4v) is 5.38. The summed E-state index contributed by atoms with van der Waals surface area (Å²) in [6.45, 7) is 20.2. The second kappa shape index (κ2) is 12.9. The van der Waals surface area contributed by atoms with Crippen LogP contribution in [0.4, 0.5) is 0 Å². The molecule has 1 fully saturated rings. The molecule has 0 saturated heterocycles. The van der Waals surface area contributed by atoms with Crippen LogP contribution >= 0.6 is 0 Å². The third kappa shape index (κ3) is 9.08. The minimum Gasteiger partial charge on any atom is -0.289 e. The van der Waals surface area contributed by atoms with Crippen molar-refractivity contribution >= 4 is 18.6 Å². The van der Waals surface area contributed by atoms with Gasteiger partial charge >= 0.3 is 0 Å². The van der Waals surface area contributed by atoms with E-state index in [1.165, 1.54) is 16.7 Å². The Morgan fingerprint density at radius 1 is 0.405 bits per heavy atom. The van der Waals surface area contributed by atoms with Gasteiger partial charge < -0.3 is 0 Å². The molecule has 1 aliphatic carbocycles. The maximum Gasteiger partial charge on any atom is 0.0540 e. The van der Waals surface area contributed by atoms with Crippen LogP contribution in [0.1, 0.15) is 115 Å². The Labute approximate surface area is 255 Å². The monoisotopic (exact) mass is 561 g/mol. The van der Waals surface area contributed by atoms with Crippen molar-refractivity contribution in [2.75, 3.05) is 0 Å². The number of benzene rings is 3. The third-order valence-electron chi connectivity index (χ3n) is 8.27. The van der Waals surface area contributed by atoms with Gasteiger partial charge in [-0.05, 0) is 68.9 Å². The van der Waals surface area contributed by atoms with Crippen molar-refractivity contribution in [3.63, 3.8) is 0 Å². The largest absolute Gasteiger partial charge is 0.289 e. The van der Waals surface area contributed by atoms with Gasteiger partial charge in [-0.3, -0.25) is 15.0 Å². The quantitative estimate of drug-likeness (QED) is 0.269. The first kappa shape index (κ1) is 31.6. The maximum absolute atomic E-state index is 5.06. The molecule has 4 rings (SSSR count). The lowest BCUT2D eigenvalue weighted by molar-refractivity contribution is 0.358. The van der Waals surface area contributed by atoms with Crippen molar-refractivity contribution in [1.82, 2.24) is 0 Å². The fraction of sp³-hybridized carbons (Fsp3) is 0.462. The van der Waals surface area contributed by atoms with E-state index in [1.807, 2.05) is 18.6 Å². The molecule has 42 heavy (non-hydrogen) atoms. The summed E-state index contributed by atoms with van der Waals surface area (Å²) in [7, 11) is 0. The molecule has 1 saturated carbocycles. The van der Waals surface area contributed by atoms with Gasteiger partial charge in [-0.25, -0.2) is 0 Å². The molecule has 3 heteroatoms. The molecule has 0 N–H and O–H groups in total. The first-order valence-electron chi connectivity index (χ1n) is 15.6. The van der Waals surface area contributed by atoms with E-state index in [9.17, 15) is 0 Å². The van der Waals surface area contributed by atoms with Crippen LogP contribution in [0, 0.1) is 0 Å². The van der Waals surface area contributed by atoms with Crippen LogP contribution in [0.5, 0.6) is 0 Å². The van der Waals surface area contributed by atoms with E-state index in [2.05, 4.69) is 135 Å². The summed E-state index contributed by atoms with van der Waals surface area (Å²) < 4.78 is 0. The minimum atomic E-state index is 0.148. The molecule has 0 unspecified atom stereocenters. The van der Waals surface area contributed by atoms with Gasteiger partial charge in [0.25, 0.3) is 0 Å². The van der Waals surface area contributed by atoms with Crippen LogP contribution in [0.3, 0.4) is 0 Å². The number of hydrogen-bond acceptors (Lipinski definition) is 3. The van der Waals surface area contributed by atoms with Gasteiger partial charge in [0.2, 0.25) is 0 Å². The molecular weight excluding hydrogens is 510 g/mol. The smallest absolute Gasteiger partial charge is 0.0540 e. The highest BCUT2D eigenvalue weighted by Crippen LogP contribution is 2.28. The first-order chi connectivity index (χ1) is 19.7. The lowest BCUT2D eigenvalue weighted by Crippen LogP contribution is -2.30. The summed E-state index contributed by atoms with van der Waals surface area (Å²) in [6, 6.07) is 27.0. The second-order valence-corrected chi connectivity index (χ2v) is 15.1. The highest BCUT2D eigenvalue weighted by molar-refractivity contribution is 5.81. The number of rotatable bonds is 6. The van der Waals surface area contributed by atoms with Crippen LogP contribution in [-0.4, -0.2) is 36.8 Å². The molecule has 0 radical (unpaired) electrons. The minimum absolute atomic E-state index is 0.148. The Bertz CT molecular complexity index is 1190. The predicted octanol–water partition coefficient (Wildman–Crippen LogP) is 9.53. The molecule has 0 aliphatic heterocycles. The molecule has 0 spiro atoms. The van der Waals surface area contributed by atoms with Crippen molar-refractivity contribution < 1.29 is 0 Å². The van der Waals surface area contributed by atoms with Crippen LogP contribution in [0.25, 0.3) is 0 Å². The lowest BCUT2D eigenvalue weighted by atomic mass is 9.86. The van der Waals surface area contributed by atoms with Gasteiger partial charge in [-0.15, -0.1) is 0 Å². The summed E-state index contributed by atoms with van der Waals surface area (Å²) in [5.74, 6) is 0. The molecule has 0 atom stereocenters. The average Bonchev–Trinajstić information content (AvgIpc) is 2.93. The molecule has 0 heterocycles. The summed E-state index contributed by atoms with van der Waals surface area (Å²) in [6.07, 6.45) is 8.96. The van der Waals surface area contributed by atoms with Crippen molar-refractivity contribution in [1.29, 1.82) is 0 Å². The topological polar surface area (TPSA) is 37.1 Å². The van der Waals surface area contributed by atoms with Crippen molar-refractivity contribution in [2.24, 2.45) is 15.0 Å². The van der Waals surface area contributed by atoms with Crippen LogP contribution < -0.4 is 0 Å². The van der Waals surface area contributed by atoms with E-state index in [4.69, 9.17) is 15.0 Å². The highest BCUT2D eigenvalue weighted by atomic mass is 14.9. The summed E-state index contributed by atoms with van der Waals surface area (Å²) in [5, 5.41) is 0. The van der Waals surface area contributed by atoms with E-state index in [1.54, 1.807) is 0 Å². The van der Waals surface area contributed by atoms with Crippen LogP contribution in [0.2, 0.25) is 0 Å². The van der Waals surface area contributed by atoms with Gasteiger partial charge in [0, 0.05) is 18.6 Å². The zero-order chi connectivity index (χ0) is 30.5. The summed E-state index contributed by atoms with van der Waals surface area (Å²) in [4.78, 5) is 15.2. The van der Waals surface area contributed by atoms with E-state index in [-0.39, 0.29) is 34.4 Å². The number of hydrogen-bond donors (Lipinski definition) is 0. The molecule has 3 nitrogen and oxygen atoms in total. The van der Waals surface area contributed by atoms with Crippen molar-refractivity contribution in [2.45, 2.75) is 116 Å². The molecular formula is C39H51N3. The molecule has 1 aliphatic rings. The van der Waals surface area contributed by atoms with Crippen LogP contribution in [0.15, 0.2) is 87.8 Å². The molecule has 222 valence electrons. The van der Waals surface area contributed by atoms with Gasteiger partial charge in [0.05, 0.1) is 18.1 Å². The molecule has 3 aromatic carbocycles. The summed E-state index contributed by atoms with van der Waals surface area (Å²) in [5.41, 5.74) is 7.90. The lowest BCUT2D eigenvalue weighted by Gasteiger charge is -2.29. The van der Waals surface area contributed by atoms with E-state index in [0.717, 1.165) is 36.0 Å². The maximum atomic E-state index is 5.06. The third-order valence-corrected chi connectivity index (χ3v) is 8.27. The zero-order valence-corrected chi connectivity index (χ0v) is 27.4. The molecule has 0 amide bonds. The molecule has 3 aromatic rings. The Hall–Kier alpha value is -3.33. The van der Waals surface area contributed by atoms with Gasteiger partial charge in [0.15, 0.2) is 0 Å². The van der Waals surface area contributed by atoms with Gasteiger partial charge in [-0.1, -0.05) is 135 Å². The second-order valence-electron chi connectivity index (χ2n) is 15.1. The normalized spacial score (nSPS) is 20.6. The Morgan fingerprint density at radius 2 is 0.619 bits per heavy atom. The van der Waals surface area contributed by atoms with Crippen molar-refractivity contribution in [3.05, 3.63) is 106 Å². The SMILES string of the molecule is CC(C)(C)c1ccc(C=NC2CC(N=Cc3ccc(C(C)(C)C)cc3)CC(N=Cc3ccc(C(C)(C)C)cc3)C2)cc1. The number of nitrogens with zero attached hydrogens (tertiary/aromatic N) is 3. The van der Waals surface area contributed by atoms with E-state index < -0.39 is 0 Å². The van der Waals surface area contributed by atoms with E-state index in [0.29, 0.717) is 0 Å². The van der Waals surface area contributed by atoms with Gasteiger partial charge in [0.1, 0.15) is 0 Å². The highest BCUT2D eigenvalue weighted by Gasteiger charge is 2.27. The fourth-order valence-electron chi connectivity index (χ4n) is 5.38. The Morgan fingerprint density at radius 3 is 0.810 bits per heavy atom. The average molecular weight is 562 g/mol. The number of aliphatic imine (C=N–C) groups is 3. The van der Waals surface area contributed by atoms with Crippen molar-refractivity contribution in [3.8, 4) is 0 Å². The zero-order valence-electron chi connectivity index (χ0n) is 27.4. The van der Waals surface area contributed by atoms with E-state index >= 15 is 0 Å². The molecule has 0 aromatic heterocycles. The Kier molecular flexibility index (Phi) is 9.70. The molecule has 0 bridgehead atoms. The predicted molar refractivity (Wildman–Crippen MR) is 183 cm³/mol.